The van der Waals surface area contributed by atoms with E-state index in [0.717, 1.165) is 25.2 Å². The maximum absolute atomic E-state index is 13.2. The Morgan fingerprint density at radius 1 is 0.938 bits per heavy atom. The van der Waals surface area contributed by atoms with Gasteiger partial charge in [0.25, 0.3) is 11.8 Å². The summed E-state index contributed by atoms with van der Waals surface area (Å²) in [6.45, 7) is 5.35. The van der Waals surface area contributed by atoms with Gasteiger partial charge >= 0.3 is 0 Å². The number of hydrogen-bond acceptors (Lipinski definition) is 3. The molecule has 0 aliphatic carbocycles. The summed E-state index contributed by atoms with van der Waals surface area (Å²) in [7, 11) is 0. The Balaban J connectivity index is 1.63. The van der Waals surface area contributed by atoms with Gasteiger partial charge in [0, 0.05) is 36.1 Å². The largest absolute Gasteiger partial charge is 0.366 e. The first kappa shape index (κ1) is 21.6. The lowest BCUT2D eigenvalue weighted by molar-refractivity contribution is 0.0942. The zero-order valence-corrected chi connectivity index (χ0v) is 18.2. The van der Waals surface area contributed by atoms with Crippen LogP contribution in [-0.4, -0.2) is 24.4 Å². The van der Waals surface area contributed by atoms with Gasteiger partial charge in [-0.05, 0) is 73.9 Å². The van der Waals surface area contributed by atoms with Crippen LogP contribution in [0.1, 0.15) is 45.7 Å². The summed E-state index contributed by atoms with van der Waals surface area (Å²) in [6.07, 6.45) is 0.907. The molecule has 1 aliphatic heterocycles. The van der Waals surface area contributed by atoms with Crippen molar-refractivity contribution >= 4 is 23.2 Å². The van der Waals surface area contributed by atoms with E-state index in [1.165, 1.54) is 35.4 Å². The van der Waals surface area contributed by atoms with Crippen LogP contribution in [0.2, 0.25) is 0 Å². The molecule has 164 valence electrons. The molecule has 2 amide bonds. The number of benzene rings is 3. The zero-order chi connectivity index (χ0) is 22.7. The fraction of sp³-hybridized carbons (Fsp3) is 0.231. The minimum absolute atomic E-state index is 0.0186. The van der Waals surface area contributed by atoms with E-state index in [1.54, 1.807) is 12.1 Å². The maximum Gasteiger partial charge on any atom is 0.255 e. The summed E-state index contributed by atoms with van der Waals surface area (Å²) >= 11 is 0. The van der Waals surface area contributed by atoms with E-state index in [4.69, 9.17) is 0 Å². The summed E-state index contributed by atoms with van der Waals surface area (Å²) < 4.78 is 13.2. The second-order valence-corrected chi connectivity index (χ2v) is 8.26. The van der Waals surface area contributed by atoms with Crippen LogP contribution in [0, 0.1) is 5.82 Å². The molecule has 5 nitrogen and oxygen atoms in total. The lowest BCUT2D eigenvalue weighted by atomic mass is 9.98. The first-order valence-corrected chi connectivity index (χ1v) is 10.7. The van der Waals surface area contributed by atoms with Gasteiger partial charge in [0.15, 0.2) is 0 Å². The Morgan fingerprint density at radius 3 is 2.38 bits per heavy atom. The van der Waals surface area contributed by atoms with Crippen LogP contribution >= 0.6 is 0 Å². The number of anilines is 2. The number of nitrogens with one attached hydrogen (secondary N) is 2. The van der Waals surface area contributed by atoms with Gasteiger partial charge in [-0.25, -0.2) is 4.39 Å². The number of halogens is 1. The van der Waals surface area contributed by atoms with Gasteiger partial charge < -0.3 is 15.5 Å². The second kappa shape index (κ2) is 9.22. The Kier molecular flexibility index (Phi) is 6.21. The molecule has 6 heteroatoms. The molecule has 2 N–H and O–H groups in total. The molecule has 0 radical (unpaired) electrons. The van der Waals surface area contributed by atoms with Crippen LogP contribution in [-0.2, 0) is 13.0 Å². The Morgan fingerprint density at radius 2 is 1.66 bits per heavy atom. The predicted octanol–water partition coefficient (Wildman–Crippen LogP) is 4.78. The van der Waals surface area contributed by atoms with E-state index >= 15 is 0 Å². The van der Waals surface area contributed by atoms with E-state index in [2.05, 4.69) is 33.7 Å². The van der Waals surface area contributed by atoms with Crippen LogP contribution in [0.25, 0.3) is 0 Å². The van der Waals surface area contributed by atoms with Gasteiger partial charge in [-0.2, -0.15) is 0 Å². The normalized spacial score (nSPS) is 12.9. The van der Waals surface area contributed by atoms with Crippen molar-refractivity contribution in [1.82, 2.24) is 5.32 Å². The van der Waals surface area contributed by atoms with Gasteiger partial charge in [-0.15, -0.1) is 0 Å². The smallest absolute Gasteiger partial charge is 0.255 e. The number of rotatable bonds is 5. The van der Waals surface area contributed by atoms with E-state index in [9.17, 15) is 14.0 Å². The summed E-state index contributed by atoms with van der Waals surface area (Å²) in [5.74, 6) is -0.951. The van der Waals surface area contributed by atoms with Crippen molar-refractivity contribution in [2.24, 2.45) is 0 Å². The first-order chi connectivity index (χ1) is 15.4. The molecular weight excluding hydrogens is 405 g/mol. The van der Waals surface area contributed by atoms with Crippen molar-refractivity contribution < 1.29 is 14.0 Å². The van der Waals surface area contributed by atoms with Crippen LogP contribution < -0.4 is 15.5 Å². The van der Waals surface area contributed by atoms with Gasteiger partial charge in [0.05, 0.1) is 5.56 Å². The number of hydrogen-bond donors (Lipinski definition) is 2. The average Bonchev–Trinajstić information content (AvgIpc) is 2.78. The second-order valence-electron chi connectivity index (χ2n) is 8.26. The van der Waals surface area contributed by atoms with Gasteiger partial charge in [-0.1, -0.05) is 24.3 Å². The SMILES string of the molecule is CC(C)NC(=O)c1cc(NC(=O)c2ccc(F)cc2)ccc1N1CCc2ccccc2C1. The van der Waals surface area contributed by atoms with Crippen molar-refractivity contribution in [2.45, 2.75) is 32.9 Å². The van der Waals surface area contributed by atoms with Gasteiger partial charge in [-0.3, -0.25) is 9.59 Å². The van der Waals surface area contributed by atoms with E-state index in [0.29, 0.717) is 16.8 Å². The van der Waals surface area contributed by atoms with E-state index < -0.39 is 5.82 Å². The molecule has 3 aromatic rings. The minimum atomic E-state index is -0.401. The van der Waals surface area contributed by atoms with Crippen molar-refractivity contribution in [3.05, 3.63) is 94.8 Å². The predicted molar refractivity (Wildman–Crippen MR) is 125 cm³/mol. The molecule has 32 heavy (non-hydrogen) atoms. The average molecular weight is 432 g/mol. The molecular formula is C26H26FN3O2. The van der Waals surface area contributed by atoms with Crippen LogP contribution in [0.15, 0.2) is 66.7 Å². The summed E-state index contributed by atoms with van der Waals surface area (Å²) in [5.41, 5.74) is 4.78. The third-order valence-electron chi connectivity index (χ3n) is 5.50. The van der Waals surface area contributed by atoms with Crippen molar-refractivity contribution in [3.63, 3.8) is 0 Å². The Labute approximate surface area is 187 Å². The number of carbonyl (C=O) groups is 2. The fourth-order valence-electron chi connectivity index (χ4n) is 3.92. The highest BCUT2D eigenvalue weighted by Gasteiger charge is 2.22. The quantitative estimate of drug-likeness (QED) is 0.611. The topological polar surface area (TPSA) is 61.4 Å². The highest BCUT2D eigenvalue weighted by Crippen LogP contribution is 2.30. The number of fused-ring (bicyclic) bond motifs is 1. The summed E-state index contributed by atoms with van der Waals surface area (Å²) in [6, 6.07) is 19.0. The molecule has 4 rings (SSSR count). The third kappa shape index (κ3) is 4.80. The summed E-state index contributed by atoms with van der Waals surface area (Å²) in [5, 5.41) is 5.77. The molecule has 0 spiro atoms. The minimum Gasteiger partial charge on any atom is -0.366 e. The number of nitrogens with zero attached hydrogens (tertiary/aromatic N) is 1. The highest BCUT2D eigenvalue weighted by molar-refractivity contribution is 6.06. The Hall–Kier alpha value is -3.67. The lowest BCUT2D eigenvalue weighted by Gasteiger charge is -2.32. The number of amides is 2. The lowest BCUT2D eigenvalue weighted by Crippen LogP contribution is -2.35. The number of carbonyl (C=O) groups excluding carboxylic acids is 2. The van der Waals surface area contributed by atoms with Crippen LogP contribution in [0.3, 0.4) is 0 Å². The molecule has 0 fully saturated rings. The molecule has 0 saturated carbocycles. The van der Waals surface area contributed by atoms with Crippen LogP contribution in [0.4, 0.5) is 15.8 Å². The monoisotopic (exact) mass is 431 g/mol. The highest BCUT2D eigenvalue weighted by atomic mass is 19.1. The molecule has 0 saturated heterocycles. The molecule has 1 heterocycles. The molecule has 0 bridgehead atoms. The Bertz CT molecular complexity index is 1140. The van der Waals surface area contributed by atoms with Crippen molar-refractivity contribution in [3.8, 4) is 0 Å². The standard InChI is InChI=1S/C26H26FN3O2/c1-17(2)28-26(32)23-15-22(29-25(31)19-7-9-21(27)10-8-19)11-12-24(23)30-14-13-18-5-3-4-6-20(18)16-30/h3-12,15,17H,13-14,16H2,1-2H3,(H,28,32)(H,29,31). The first-order valence-electron chi connectivity index (χ1n) is 10.7. The van der Waals surface area contributed by atoms with Gasteiger partial charge in [0.2, 0.25) is 0 Å². The molecule has 3 aromatic carbocycles. The van der Waals surface area contributed by atoms with E-state index in [-0.39, 0.29) is 17.9 Å². The molecule has 1 aliphatic rings. The van der Waals surface area contributed by atoms with Crippen LogP contribution in [0.5, 0.6) is 0 Å². The van der Waals surface area contributed by atoms with Crippen molar-refractivity contribution in [2.75, 3.05) is 16.8 Å². The summed E-state index contributed by atoms with van der Waals surface area (Å²) in [4.78, 5) is 27.8. The maximum atomic E-state index is 13.2. The zero-order valence-electron chi connectivity index (χ0n) is 18.2. The molecule has 0 unspecified atom stereocenters. The molecule has 0 atom stereocenters. The molecule has 0 aromatic heterocycles. The third-order valence-corrected chi connectivity index (χ3v) is 5.50. The fourth-order valence-corrected chi connectivity index (χ4v) is 3.92. The van der Waals surface area contributed by atoms with E-state index in [1.807, 2.05) is 26.0 Å². The van der Waals surface area contributed by atoms with Gasteiger partial charge in [0.1, 0.15) is 5.82 Å². The van der Waals surface area contributed by atoms with Crippen molar-refractivity contribution in [1.29, 1.82) is 0 Å².